The Balaban J connectivity index is 1.70. The lowest BCUT2D eigenvalue weighted by molar-refractivity contribution is 0.404. The van der Waals surface area contributed by atoms with Crippen molar-refractivity contribution in [2.45, 2.75) is 19.3 Å². The van der Waals surface area contributed by atoms with Crippen molar-refractivity contribution in [1.82, 2.24) is 0 Å². The fourth-order valence-electron chi connectivity index (χ4n) is 2.79. The van der Waals surface area contributed by atoms with Crippen LogP contribution in [0.4, 0.5) is 0 Å². The van der Waals surface area contributed by atoms with Crippen LogP contribution in [0.5, 0.6) is 11.5 Å². The molecule has 132 valence electrons. The van der Waals surface area contributed by atoms with Gasteiger partial charge in [0.1, 0.15) is 17.3 Å². The lowest BCUT2D eigenvalue weighted by Crippen LogP contribution is -1.97. The summed E-state index contributed by atoms with van der Waals surface area (Å²) in [5.41, 5.74) is 2.47. The Bertz CT molecular complexity index is 806. The summed E-state index contributed by atoms with van der Waals surface area (Å²) in [6, 6.07) is 28.5. The zero-order valence-electron chi connectivity index (χ0n) is 15.1. The van der Waals surface area contributed by atoms with Crippen LogP contribution in [0.15, 0.2) is 90.7 Å². The maximum atomic E-state index is 6.14. The molecule has 26 heavy (non-hydrogen) atoms. The number of aryl methyl sites for hydroxylation is 1. The standard InChI is InChI=1S/C24H24O2/c1-25-22-17-15-21(16-18-22)19-24(26-23-12-6-3-7-13-23)14-8-11-20-9-4-2-5-10-20/h2-7,9-10,12-13,15-19H,8,11,14H2,1H3/b24-19-. The summed E-state index contributed by atoms with van der Waals surface area (Å²) >= 11 is 0. The Morgan fingerprint density at radius 1 is 0.769 bits per heavy atom. The molecule has 0 aliphatic carbocycles. The highest BCUT2D eigenvalue weighted by atomic mass is 16.5. The van der Waals surface area contributed by atoms with Crippen molar-refractivity contribution < 1.29 is 9.47 Å². The minimum Gasteiger partial charge on any atom is -0.497 e. The lowest BCUT2D eigenvalue weighted by Gasteiger charge is -2.11. The van der Waals surface area contributed by atoms with E-state index in [0.717, 1.165) is 42.1 Å². The summed E-state index contributed by atoms with van der Waals surface area (Å²) in [6.45, 7) is 0. The van der Waals surface area contributed by atoms with E-state index in [-0.39, 0.29) is 0 Å². The molecule has 3 aromatic rings. The molecule has 0 atom stereocenters. The Labute approximate surface area is 155 Å². The molecule has 0 fully saturated rings. The van der Waals surface area contributed by atoms with E-state index < -0.39 is 0 Å². The monoisotopic (exact) mass is 344 g/mol. The maximum absolute atomic E-state index is 6.14. The Morgan fingerprint density at radius 2 is 1.42 bits per heavy atom. The second-order valence-electron chi connectivity index (χ2n) is 6.14. The molecule has 0 spiro atoms. The third-order valence-electron chi connectivity index (χ3n) is 4.17. The van der Waals surface area contributed by atoms with Gasteiger partial charge in [-0.25, -0.2) is 0 Å². The molecular formula is C24H24O2. The van der Waals surface area contributed by atoms with Gasteiger partial charge < -0.3 is 9.47 Å². The molecule has 2 nitrogen and oxygen atoms in total. The zero-order valence-corrected chi connectivity index (χ0v) is 15.1. The van der Waals surface area contributed by atoms with Crippen LogP contribution in [0.1, 0.15) is 24.0 Å². The molecule has 0 unspecified atom stereocenters. The molecule has 0 bridgehead atoms. The van der Waals surface area contributed by atoms with E-state index in [1.54, 1.807) is 7.11 Å². The van der Waals surface area contributed by atoms with Gasteiger partial charge in [-0.05, 0) is 54.3 Å². The highest BCUT2D eigenvalue weighted by Gasteiger charge is 2.03. The van der Waals surface area contributed by atoms with Crippen molar-refractivity contribution in [2.75, 3.05) is 7.11 Å². The first kappa shape index (κ1) is 17.8. The first-order valence-electron chi connectivity index (χ1n) is 8.95. The number of hydrogen-bond donors (Lipinski definition) is 0. The summed E-state index contributed by atoms with van der Waals surface area (Å²) in [5.74, 6) is 2.70. The summed E-state index contributed by atoms with van der Waals surface area (Å²) in [6.07, 6.45) is 5.07. The number of benzene rings is 3. The number of para-hydroxylation sites is 1. The number of ether oxygens (including phenoxy) is 2. The first-order valence-corrected chi connectivity index (χ1v) is 8.95. The van der Waals surface area contributed by atoms with Crippen LogP contribution in [-0.4, -0.2) is 7.11 Å². The fourth-order valence-corrected chi connectivity index (χ4v) is 2.79. The predicted molar refractivity (Wildman–Crippen MR) is 107 cm³/mol. The smallest absolute Gasteiger partial charge is 0.126 e. The summed E-state index contributed by atoms with van der Waals surface area (Å²) in [7, 11) is 1.68. The van der Waals surface area contributed by atoms with Crippen molar-refractivity contribution >= 4 is 6.08 Å². The highest BCUT2D eigenvalue weighted by Crippen LogP contribution is 2.21. The molecule has 2 heteroatoms. The second kappa shape index (κ2) is 9.47. The van der Waals surface area contributed by atoms with Crippen LogP contribution >= 0.6 is 0 Å². The van der Waals surface area contributed by atoms with Crippen LogP contribution in [0.3, 0.4) is 0 Å². The highest BCUT2D eigenvalue weighted by molar-refractivity contribution is 5.53. The Morgan fingerprint density at radius 3 is 2.08 bits per heavy atom. The Kier molecular flexibility index (Phi) is 6.49. The van der Waals surface area contributed by atoms with E-state index >= 15 is 0 Å². The molecule has 0 radical (unpaired) electrons. The molecule has 0 saturated carbocycles. The molecule has 0 amide bonds. The SMILES string of the molecule is COc1ccc(/C=C(/CCCc2ccccc2)Oc2ccccc2)cc1. The van der Waals surface area contributed by atoms with Gasteiger partial charge in [0.25, 0.3) is 0 Å². The van der Waals surface area contributed by atoms with E-state index in [1.807, 2.05) is 54.6 Å². The molecule has 0 aliphatic heterocycles. The van der Waals surface area contributed by atoms with E-state index in [0.29, 0.717) is 0 Å². The zero-order chi connectivity index (χ0) is 18.0. The van der Waals surface area contributed by atoms with E-state index in [1.165, 1.54) is 5.56 Å². The predicted octanol–water partition coefficient (Wildman–Crippen LogP) is 6.14. The molecule has 0 saturated heterocycles. The maximum Gasteiger partial charge on any atom is 0.126 e. The van der Waals surface area contributed by atoms with Crippen LogP contribution in [-0.2, 0) is 6.42 Å². The number of hydrogen-bond acceptors (Lipinski definition) is 2. The van der Waals surface area contributed by atoms with Crippen molar-refractivity contribution in [2.24, 2.45) is 0 Å². The molecule has 3 rings (SSSR count). The van der Waals surface area contributed by atoms with Crippen LogP contribution in [0, 0.1) is 0 Å². The molecule has 0 N–H and O–H groups in total. The normalized spacial score (nSPS) is 11.2. The van der Waals surface area contributed by atoms with E-state index in [9.17, 15) is 0 Å². The minimum atomic E-state index is 0.858. The molecule has 0 aromatic heterocycles. The van der Waals surface area contributed by atoms with Gasteiger partial charge >= 0.3 is 0 Å². The van der Waals surface area contributed by atoms with Crippen LogP contribution in [0.2, 0.25) is 0 Å². The fraction of sp³-hybridized carbons (Fsp3) is 0.167. The van der Waals surface area contributed by atoms with Crippen molar-refractivity contribution in [3.8, 4) is 11.5 Å². The quantitative estimate of drug-likeness (QED) is 0.457. The molecule has 0 aliphatic rings. The summed E-state index contributed by atoms with van der Waals surface area (Å²) in [5, 5.41) is 0. The molecular weight excluding hydrogens is 320 g/mol. The average molecular weight is 344 g/mol. The topological polar surface area (TPSA) is 18.5 Å². The summed E-state index contributed by atoms with van der Waals surface area (Å²) < 4.78 is 11.4. The van der Waals surface area contributed by atoms with Gasteiger partial charge in [0, 0.05) is 6.42 Å². The lowest BCUT2D eigenvalue weighted by atomic mass is 10.1. The van der Waals surface area contributed by atoms with Gasteiger partial charge in [0.2, 0.25) is 0 Å². The van der Waals surface area contributed by atoms with Gasteiger partial charge in [-0.3, -0.25) is 0 Å². The Hall–Kier alpha value is -3.00. The summed E-state index contributed by atoms with van der Waals surface area (Å²) in [4.78, 5) is 0. The van der Waals surface area contributed by atoms with Gasteiger partial charge in [0.15, 0.2) is 0 Å². The van der Waals surface area contributed by atoms with Gasteiger partial charge in [-0.15, -0.1) is 0 Å². The molecule has 0 heterocycles. The van der Waals surface area contributed by atoms with Crippen molar-refractivity contribution in [3.63, 3.8) is 0 Å². The van der Waals surface area contributed by atoms with E-state index in [2.05, 4.69) is 36.4 Å². The van der Waals surface area contributed by atoms with Crippen LogP contribution < -0.4 is 9.47 Å². The van der Waals surface area contributed by atoms with Gasteiger partial charge in [-0.2, -0.15) is 0 Å². The van der Waals surface area contributed by atoms with Crippen LogP contribution in [0.25, 0.3) is 6.08 Å². The van der Waals surface area contributed by atoms with Gasteiger partial charge in [-0.1, -0.05) is 60.7 Å². The number of rotatable bonds is 8. The number of methoxy groups -OCH3 is 1. The van der Waals surface area contributed by atoms with E-state index in [4.69, 9.17) is 9.47 Å². The molecule has 3 aromatic carbocycles. The van der Waals surface area contributed by atoms with Crippen molar-refractivity contribution in [3.05, 3.63) is 102 Å². The van der Waals surface area contributed by atoms with Crippen molar-refractivity contribution in [1.29, 1.82) is 0 Å². The second-order valence-corrected chi connectivity index (χ2v) is 6.14. The first-order chi connectivity index (χ1) is 12.8. The third kappa shape index (κ3) is 5.52. The van der Waals surface area contributed by atoms with Gasteiger partial charge in [0.05, 0.1) is 7.11 Å². The average Bonchev–Trinajstić information content (AvgIpc) is 2.70. The third-order valence-corrected chi connectivity index (χ3v) is 4.17. The largest absolute Gasteiger partial charge is 0.497 e. The minimum absolute atomic E-state index is 0.858. The number of allylic oxidation sites excluding steroid dienone is 1.